The first kappa shape index (κ1) is 18.9. The van der Waals surface area contributed by atoms with Crippen molar-refractivity contribution in [3.8, 4) is 0 Å². The molecule has 0 radical (unpaired) electrons. The zero-order chi connectivity index (χ0) is 19.6. The van der Waals surface area contributed by atoms with Gasteiger partial charge in [-0.05, 0) is 18.2 Å². The monoisotopic (exact) mass is 380 g/mol. The van der Waals surface area contributed by atoms with E-state index in [1.807, 2.05) is 0 Å². The van der Waals surface area contributed by atoms with Crippen LogP contribution < -0.4 is 20.4 Å². The zero-order valence-corrected chi connectivity index (χ0v) is 14.8. The van der Waals surface area contributed by atoms with Crippen molar-refractivity contribution in [1.82, 2.24) is 10.6 Å². The molecule has 9 nitrogen and oxygen atoms in total. The van der Waals surface area contributed by atoms with Crippen LogP contribution in [0, 0.1) is 5.82 Å². The number of nitrogens with zero attached hydrogens (tertiary/aromatic N) is 2. The molecule has 1 unspecified atom stereocenters. The Balaban J connectivity index is 1.60. The minimum absolute atomic E-state index is 0.133. The van der Waals surface area contributed by atoms with Gasteiger partial charge in [0.15, 0.2) is 0 Å². The Kier molecular flexibility index (Phi) is 5.45. The van der Waals surface area contributed by atoms with Crippen LogP contribution in [-0.4, -0.2) is 67.9 Å². The van der Waals surface area contributed by atoms with Gasteiger partial charge in [0.05, 0.1) is 30.5 Å². The van der Waals surface area contributed by atoms with Crippen molar-refractivity contribution in [3.63, 3.8) is 0 Å². The molecule has 0 bridgehead atoms. The molecule has 2 heterocycles. The number of nitrogens with one attached hydrogen (secondary N) is 2. The third kappa shape index (κ3) is 4.27. The molecule has 3 amide bonds. The first-order valence-electron chi connectivity index (χ1n) is 8.54. The number of aliphatic hydroxyl groups excluding tert-OH is 1. The van der Waals surface area contributed by atoms with Gasteiger partial charge in [-0.1, -0.05) is 0 Å². The minimum Gasteiger partial charge on any atom is -0.442 e. The first-order valence-corrected chi connectivity index (χ1v) is 8.54. The van der Waals surface area contributed by atoms with E-state index in [0.29, 0.717) is 24.5 Å². The SMILES string of the molecule is CC(=O)NCC1CN(c2ccc(N3CC(NC(=O)CO)C3)c(F)c2)C(=O)O1. The standard InChI is InChI=1S/C17H21FN4O5/c1-10(24)19-5-13-8-22(17(26)27-13)12-2-3-15(14(18)4-12)21-6-11(7-21)20-16(25)9-23/h2-4,11,13,23H,5-9H2,1H3,(H,19,24)(H,20,25). The van der Waals surface area contributed by atoms with Crippen molar-refractivity contribution < 1.29 is 28.6 Å². The molecule has 1 aromatic rings. The number of cyclic esters (lactones) is 1. The molecule has 3 N–H and O–H groups in total. The Hall–Kier alpha value is -2.88. The molecule has 3 rings (SSSR count). The maximum absolute atomic E-state index is 14.5. The van der Waals surface area contributed by atoms with Gasteiger partial charge in [-0.2, -0.15) is 0 Å². The fourth-order valence-electron chi connectivity index (χ4n) is 3.06. The van der Waals surface area contributed by atoms with Gasteiger partial charge in [-0.15, -0.1) is 0 Å². The van der Waals surface area contributed by atoms with Crippen molar-refractivity contribution >= 4 is 29.3 Å². The Labute approximate surface area is 155 Å². The summed E-state index contributed by atoms with van der Waals surface area (Å²) in [5.41, 5.74) is 0.743. The summed E-state index contributed by atoms with van der Waals surface area (Å²) in [4.78, 5) is 37.2. The van der Waals surface area contributed by atoms with Gasteiger partial charge in [0, 0.05) is 20.0 Å². The lowest BCUT2D eigenvalue weighted by atomic mass is 10.1. The zero-order valence-electron chi connectivity index (χ0n) is 14.8. The highest BCUT2D eigenvalue weighted by Crippen LogP contribution is 2.30. The van der Waals surface area contributed by atoms with Crippen molar-refractivity contribution in [2.45, 2.75) is 19.1 Å². The molecule has 0 aliphatic carbocycles. The number of amides is 3. The summed E-state index contributed by atoms with van der Waals surface area (Å²) in [6.45, 7) is 2.09. The van der Waals surface area contributed by atoms with Crippen LogP contribution in [0.4, 0.5) is 20.6 Å². The van der Waals surface area contributed by atoms with Crippen LogP contribution in [-0.2, 0) is 14.3 Å². The van der Waals surface area contributed by atoms with E-state index in [1.54, 1.807) is 17.0 Å². The van der Waals surface area contributed by atoms with E-state index < -0.39 is 30.5 Å². The first-order chi connectivity index (χ1) is 12.9. The van der Waals surface area contributed by atoms with Crippen LogP contribution in [0.15, 0.2) is 18.2 Å². The average Bonchev–Trinajstić information content (AvgIpc) is 2.97. The molecule has 2 aliphatic rings. The van der Waals surface area contributed by atoms with Crippen molar-refractivity contribution in [3.05, 3.63) is 24.0 Å². The summed E-state index contributed by atoms with van der Waals surface area (Å²) in [5.74, 6) is -1.17. The summed E-state index contributed by atoms with van der Waals surface area (Å²) < 4.78 is 19.7. The van der Waals surface area contributed by atoms with E-state index in [9.17, 15) is 18.8 Å². The number of halogens is 1. The minimum atomic E-state index is -0.590. The van der Waals surface area contributed by atoms with Crippen LogP contribution in [0.3, 0.4) is 0 Å². The summed E-state index contributed by atoms with van der Waals surface area (Å²) in [7, 11) is 0. The number of ether oxygens (including phenoxy) is 1. The fraction of sp³-hybridized carbons (Fsp3) is 0.471. The second-order valence-electron chi connectivity index (χ2n) is 6.52. The Bertz CT molecular complexity index is 753. The lowest BCUT2D eigenvalue weighted by Crippen LogP contribution is -2.60. The number of anilines is 2. The van der Waals surface area contributed by atoms with E-state index in [4.69, 9.17) is 9.84 Å². The fourth-order valence-corrected chi connectivity index (χ4v) is 3.06. The molecule has 10 heteroatoms. The van der Waals surface area contributed by atoms with E-state index in [1.165, 1.54) is 17.9 Å². The van der Waals surface area contributed by atoms with E-state index in [0.717, 1.165) is 0 Å². The van der Waals surface area contributed by atoms with Crippen LogP contribution in [0.1, 0.15) is 6.92 Å². The van der Waals surface area contributed by atoms with Gasteiger partial charge in [0.2, 0.25) is 11.8 Å². The molecular formula is C17H21FN4O5. The molecular weight excluding hydrogens is 359 g/mol. The Morgan fingerprint density at radius 1 is 1.33 bits per heavy atom. The molecule has 2 saturated heterocycles. The predicted molar refractivity (Wildman–Crippen MR) is 93.9 cm³/mol. The summed E-state index contributed by atoms with van der Waals surface area (Å²) in [6.07, 6.45) is -1.08. The second kappa shape index (κ2) is 7.78. The highest BCUT2D eigenvalue weighted by atomic mass is 19.1. The number of hydrogen-bond donors (Lipinski definition) is 3. The third-order valence-electron chi connectivity index (χ3n) is 4.43. The number of hydrogen-bond acceptors (Lipinski definition) is 6. The Morgan fingerprint density at radius 2 is 2.07 bits per heavy atom. The maximum Gasteiger partial charge on any atom is 0.414 e. The number of benzene rings is 1. The van der Waals surface area contributed by atoms with Gasteiger partial charge < -0.3 is 25.4 Å². The van der Waals surface area contributed by atoms with Crippen molar-refractivity contribution in [2.24, 2.45) is 0 Å². The molecule has 0 saturated carbocycles. The maximum atomic E-state index is 14.5. The van der Waals surface area contributed by atoms with Crippen molar-refractivity contribution in [2.75, 3.05) is 42.6 Å². The van der Waals surface area contributed by atoms with Crippen LogP contribution in [0.25, 0.3) is 0 Å². The van der Waals surface area contributed by atoms with E-state index in [-0.39, 0.29) is 25.0 Å². The molecule has 1 atom stereocenters. The number of rotatable bonds is 6. The summed E-state index contributed by atoms with van der Waals surface area (Å²) in [6, 6.07) is 4.33. The summed E-state index contributed by atoms with van der Waals surface area (Å²) >= 11 is 0. The quantitative estimate of drug-likeness (QED) is 0.618. The Morgan fingerprint density at radius 3 is 2.70 bits per heavy atom. The number of carbonyl (C=O) groups is 3. The molecule has 27 heavy (non-hydrogen) atoms. The molecule has 0 aromatic heterocycles. The van der Waals surface area contributed by atoms with Gasteiger partial charge in [0.1, 0.15) is 18.5 Å². The average molecular weight is 380 g/mol. The van der Waals surface area contributed by atoms with Crippen molar-refractivity contribution in [1.29, 1.82) is 0 Å². The van der Waals surface area contributed by atoms with Gasteiger partial charge in [0.25, 0.3) is 0 Å². The molecule has 2 aliphatic heterocycles. The highest BCUT2D eigenvalue weighted by Gasteiger charge is 2.34. The molecule has 2 fully saturated rings. The number of carbonyl (C=O) groups excluding carboxylic acids is 3. The highest BCUT2D eigenvalue weighted by molar-refractivity contribution is 5.90. The predicted octanol–water partition coefficient (Wildman–Crippen LogP) is -0.416. The van der Waals surface area contributed by atoms with Crippen LogP contribution in [0.2, 0.25) is 0 Å². The second-order valence-corrected chi connectivity index (χ2v) is 6.52. The van der Waals surface area contributed by atoms with Gasteiger partial charge in [-0.3, -0.25) is 14.5 Å². The number of aliphatic hydroxyl groups is 1. The molecule has 0 spiro atoms. The smallest absolute Gasteiger partial charge is 0.414 e. The van der Waals surface area contributed by atoms with Crippen LogP contribution in [0.5, 0.6) is 0 Å². The van der Waals surface area contributed by atoms with Crippen LogP contribution >= 0.6 is 0 Å². The molecule has 146 valence electrons. The lowest BCUT2D eigenvalue weighted by Gasteiger charge is -2.41. The lowest BCUT2D eigenvalue weighted by molar-refractivity contribution is -0.124. The molecule has 1 aromatic carbocycles. The van der Waals surface area contributed by atoms with Gasteiger partial charge in [-0.25, -0.2) is 9.18 Å². The summed E-state index contributed by atoms with van der Waals surface area (Å²) in [5, 5.41) is 13.9. The normalized spacial score (nSPS) is 19.5. The largest absolute Gasteiger partial charge is 0.442 e. The van der Waals surface area contributed by atoms with Gasteiger partial charge >= 0.3 is 6.09 Å². The third-order valence-corrected chi connectivity index (χ3v) is 4.43. The van der Waals surface area contributed by atoms with E-state index in [2.05, 4.69) is 10.6 Å². The van der Waals surface area contributed by atoms with E-state index >= 15 is 0 Å². The topological polar surface area (TPSA) is 111 Å².